The van der Waals surface area contributed by atoms with Crippen LogP contribution in [0.2, 0.25) is 0 Å². The highest BCUT2D eigenvalue weighted by Crippen LogP contribution is 2.38. The first-order valence-electron chi connectivity index (χ1n) is 5.87. The summed E-state index contributed by atoms with van der Waals surface area (Å²) < 4.78 is 1.88. The molecule has 0 aromatic heterocycles. The molecule has 4 nitrogen and oxygen atoms in total. The van der Waals surface area contributed by atoms with Gasteiger partial charge in [0.25, 0.3) is 0 Å². The first kappa shape index (κ1) is 14.5. The molecule has 2 rings (SSSR count). The Hall–Kier alpha value is -0.880. The number of aryl methyl sites for hydroxylation is 1. The molecular weight excluding hydrogens is 376 g/mol. The van der Waals surface area contributed by atoms with E-state index in [2.05, 4.69) is 31.9 Å². The Morgan fingerprint density at radius 2 is 2.00 bits per heavy atom. The number of nitrogens with zero attached hydrogens (tertiary/aromatic N) is 1. The van der Waals surface area contributed by atoms with Crippen LogP contribution in [0, 0.1) is 19.8 Å². The van der Waals surface area contributed by atoms with E-state index < -0.39 is 11.8 Å². The first-order valence-corrected chi connectivity index (χ1v) is 7.46. The van der Waals surface area contributed by atoms with Crippen LogP contribution >= 0.6 is 31.9 Å². The summed E-state index contributed by atoms with van der Waals surface area (Å²) in [4.78, 5) is 24.9. The largest absolute Gasteiger partial charge is 0.369 e. The third kappa shape index (κ3) is 2.56. The smallest absolute Gasteiger partial charge is 0.227 e. The van der Waals surface area contributed by atoms with Crippen LogP contribution in [-0.4, -0.2) is 18.4 Å². The lowest BCUT2D eigenvalue weighted by molar-refractivity contribution is -0.123. The molecule has 1 heterocycles. The van der Waals surface area contributed by atoms with E-state index in [-0.39, 0.29) is 12.3 Å². The Balaban J connectivity index is 2.43. The van der Waals surface area contributed by atoms with Crippen molar-refractivity contribution in [3.8, 4) is 0 Å². The topological polar surface area (TPSA) is 63.4 Å². The van der Waals surface area contributed by atoms with Crippen molar-refractivity contribution in [3.05, 3.63) is 26.1 Å². The second-order valence-corrected chi connectivity index (χ2v) is 6.36. The number of primary amides is 1. The number of anilines is 1. The molecule has 0 bridgehead atoms. The second-order valence-electron chi connectivity index (χ2n) is 4.77. The number of benzene rings is 1. The number of halogens is 2. The van der Waals surface area contributed by atoms with Gasteiger partial charge in [-0.1, -0.05) is 15.9 Å². The average molecular weight is 390 g/mol. The van der Waals surface area contributed by atoms with Gasteiger partial charge in [0, 0.05) is 21.9 Å². The summed E-state index contributed by atoms with van der Waals surface area (Å²) in [7, 11) is 0. The predicted molar refractivity (Wildman–Crippen MR) is 81.0 cm³/mol. The maximum absolute atomic E-state index is 12.0. The van der Waals surface area contributed by atoms with Gasteiger partial charge >= 0.3 is 0 Å². The molecule has 0 aliphatic carbocycles. The molecular formula is C13H14Br2N2O2. The van der Waals surface area contributed by atoms with Crippen molar-refractivity contribution in [2.24, 2.45) is 11.7 Å². The van der Waals surface area contributed by atoms with Crippen molar-refractivity contribution in [2.75, 3.05) is 11.4 Å². The molecule has 1 aliphatic heterocycles. The van der Waals surface area contributed by atoms with Crippen LogP contribution < -0.4 is 10.6 Å². The van der Waals surface area contributed by atoms with E-state index in [1.807, 2.05) is 19.9 Å². The number of carbonyl (C=O) groups excluding carboxylic acids is 2. The van der Waals surface area contributed by atoms with Gasteiger partial charge in [-0.15, -0.1) is 0 Å². The lowest BCUT2D eigenvalue weighted by Crippen LogP contribution is -2.28. The van der Waals surface area contributed by atoms with Gasteiger partial charge in [-0.25, -0.2) is 0 Å². The Bertz CT molecular complexity index is 572. The number of carbonyl (C=O) groups is 2. The fourth-order valence-electron chi connectivity index (χ4n) is 2.24. The quantitative estimate of drug-likeness (QED) is 0.844. The van der Waals surface area contributed by atoms with Gasteiger partial charge in [-0.05, 0) is 47.0 Å². The Kier molecular flexibility index (Phi) is 4.01. The average Bonchev–Trinajstić information content (AvgIpc) is 2.73. The maximum atomic E-state index is 12.0. The highest BCUT2D eigenvalue weighted by molar-refractivity contribution is 9.11. The third-order valence-electron chi connectivity index (χ3n) is 3.40. The molecule has 1 saturated heterocycles. The summed E-state index contributed by atoms with van der Waals surface area (Å²) in [6.45, 7) is 4.29. The number of hydrogen-bond donors (Lipinski definition) is 1. The van der Waals surface area contributed by atoms with Crippen LogP contribution in [0.1, 0.15) is 17.5 Å². The minimum Gasteiger partial charge on any atom is -0.369 e. The molecule has 0 saturated carbocycles. The van der Waals surface area contributed by atoms with Crippen LogP contribution in [0.3, 0.4) is 0 Å². The number of rotatable bonds is 2. The fraction of sp³-hybridized carbons (Fsp3) is 0.385. The normalized spacial score (nSPS) is 19.1. The van der Waals surface area contributed by atoms with Gasteiger partial charge in [0.2, 0.25) is 11.8 Å². The lowest BCUT2D eigenvalue weighted by Gasteiger charge is -2.21. The molecule has 1 aliphatic rings. The van der Waals surface area contributed by atoms with Gasteiger partial charge in [-0.2, -0.15) is 0 Å². The summed E-state index contributed by atoms with van der Waals surface area (Å²) in [5.74, 6) is -0.883. The Morgan fingerprint density at radius 1 is 1.37 bits per heavy atom. The van der Waals surface area contributed by atoms with E-state index in [1.54, 1.807) is 4.90 Å². The zero-order valence-electron chi connectivity index (χ0n) is 10.7. The van der Waals surface area contributed by atoms with Crippen LogP contribution in [0.15, 0.2) is 15.0 Å². The number of nitrogens with two attached hydrogens (primary N) is 1. The van der Waals surface area contributed by atoms with Gasteiger partial charge in [0.15, 0.2) is 0 Å². The van der Waals surface area contributed by atoms with Gasteiger partial charge < -0.3 is 10.6 Å². The molecule has 1 fully saturated rings. The minimum atomic E-state index is -0.419. The lowest BCUT2D eigenvalue weighted by atomic mass is 10.1. The van der Waals surface area contributed by atoms with Crippen molar-refractivity contribution < 1.29 is 9.59 Å². The summed E-state index contributed by atoms with van der Waals surface area (Å²) in [6.07, 6.45) is 0.190. The van der Waals surface area contributed by atoms with E-state index >= 15 is 0 Å². The van der Waals surface area contributed by atoms with Crippen molar-refractivity contribution in [1.82, 2.24) is 0 Å². The van der Waals surface area contributed by atoms with Crippen molar-refractivity contribution in [2.45, 2.75) is 20.3 Å². The van der Waals surface area contributed by atoms with E-state index in [0.717, 1.165) is 25.8 Å². The highest BCUT2D eigenvalue weighted by atomic mass is 79.9. The third-order valence-corrected chi connectivity index (χ3v) is 5.62. The Morgan fingerprint density at radius 3 is 2.53 bits per heavy atom. The van der Waals surface area contributed by atoms with Gasteiger partial charge in [-0.3, -0.25) is 9.59 Å². The molecule has 1 unspecified atom stereocenters. The second kappa shape index (κ2) is 5.25. The Labute approximate surface area is 128 Å². The van der Waals surface area contributed by atoms with Crippen molar-refractivity contribution in [3.63, 3.8) is 0 Å². The molecule has 1 aromatic carbocycles. The van der Waals surface area contributed by atoms with E-state index in [4.69, 9.17) is 5.73 Å². The molecule has 1 atom stereocenters. The molecule has 0 spiro atoms. The summed E-state index contributed by atoms with van der Waals surface area (Å²) in [6, 6.07) is 1.93. The number of hydrogen-bond acceptors (Lipinski definition) is 2. The molecule has 2 amide bonds. The van der Waals surface area contributed by atoms with Crippen LogP contribution in [0.25, 0.3) is 0 Å². The molecule has 1 aromatic rings. The van der Waals surface area contributed by atoms with Crippen molar-refractivity contribution >= 4 is 49.4 Å². The molecule has 0 radical (unpaired) electrons. The first-order chi connectivity index (χ1) is 8.82. The zero-order valence-corrected chi connectivity index (χ0v) is 13.8. The van der Waals surface area contributed by atoms with Crippen LogP contribution in [0.5, 0.6) is 0 Å². The summed E-state index contributed by atoms with van der Waals surface area (Å²) in [5.41, 5.74) is 8.16. The zero-order chi connectivity index (χ0) is 14.3. The molecule has 6 heteroatoms. The van der Waals surface area contributed by atoms with Gasteiger partial charge in [0.05, 0.1) is 11.6 Å². The monoisotopic (exact) mass is 388 g/mol. The summed E-state index contributed by atoms with van der Waals surface area (Å²) in [5, 5.41) is 0. The standard InChI is InChI=1S/C13H14Br2N2O2/c1-6-3-9(12(15)7(2)11(6)14)17-5-8(13(16)19)4-10(17)18/h3,8H,4-5H2,1-2H3,(H2,16,19). The molecule has 19 heavy (non-hydrogen) atoms. The van der Waals surface area contributed by atoms with E-state index in [0.29, 0.717) is 6.54 Å². The molecule has 2 N–H and O–H groups in total. The van der Waals surface area contributed by atoms with E-state index in [1.165, 1.54) is 0 Å². The van der Waals surface area contributed by atoms with Crippen LogP contribution in [0.4, 0.5) is 5.69 Å². The number of amides is 2. The van der Waals surface area contributed by atoms with Gasteiger partial charge in [0.1, 0.15) is 0 Å². The highest BCUT2D eigenvalue weighted by Gasteiger charge is 2.35. The predicted octanol–water partition coefficient (Wildman–Crippen LogP) is 2.67. The minimum absolute atomic E-state index is 0.0642. The van der Waals surface area contributed by atoms with Crippen LogP contribution in [-0.2, 0) is 9.59 Å². The maximum Gasteiger partial charge on any atom is 0.227 e. The molecule has 102 valence electrons. The summed E-state index contributed by atoms with van der Waals surface area (Å²) >= 11 is 7.03. The van der Waals surface area contributed by atoms with E-state index in [9.17, 15) is 9.59 Å². The SMILES string of the molecule is Cc1cc(N2CC(C(N)=O)CC2=O)c(Br)c(C)c1Br. The van der Waals surface area contributed by atoms with Crippen molar-refractivity contribution in [1.29, 1.82) is 0 Å². The fourth-order valence-corrected chi connectivity index (χ4v) is 3.35.